The van der Waals surface area contributed by atoms with Crippen molar-refractivity contribution in [2.45, 2.75) is 77.6 Å². The van der Waals surface area contributed by atoms with E-state index in [4.69, 9.17) is 9.47 Å². The third-order valence-corrected chi connectivity index (χ3v) is 5.38. The summed E-state index contributed by atoms with van der Waals surface area (Å²) in [7, 11) is 3.80. The Balaban J connectivity index is 2.64. The summed E-state index contributed by atoms with van der Waals surface area (Å²) in [5, 5.41) is 11.2. The van der Waals surface area contributed by atoms with Crippen LogP contribution in [0.4, 0.5) is 5.69 Å². The van der Waals surface area contributed by atoms with Crippen LogP contribution in [0.25, 0.3) is 0 Å². The zero-order valence-electron chi connectivity index (χ0n) is 20.7. The minimum Gasteiger partial charge on any atom is -0.460 e. The van der Waals surface area contributed by atoms with Crippen molar-refractivity contribution < 1.29 is 29.0 Å². The average molecular weight is 448 g/mol. The molecule has 0 aliphatic heterocycles. The third-order valence-electron chi connectivity index (χ3n) is 5.38. The molecule has 0 aromatic heterocycles. The van der Waals surface area contributed by atoms with Gasteiger partial charge >= 0.3 is 11.9 Å². The van der Waals surface area contributed by atoms with Gasteiger partial charge in [0.15, 0.2) is 5.78 Å². The van der Waals surface area contributed by atoms with Crippen molar-refractivity contribution in [3.63, 3.8) is 0 Å². The van der Waals surface area contributed by atoms with Gasteiger partial charge in [-0.2, -0.15) is 0 Å². The van der Waals surface area contributed by atoms with Gasteiger partial charge in [0.05, 0.1) is 11.5 Å². The van der Waals surface area contributed by atoms with E-state index in [0.29, 0.717) is 5.56 Å². The smallest absolute Gasteiger partial charge is 0.317 e. The van der Waals surface area contributed by atoms with E-state index in [9.17, 15) is 19.5 Å². The Morgan fingerprint density at radius 2 is 1.44 bits per heavy atom. The zero-order valence-corrected chi connectivity index (χ0v) is 20.7. The number of Topliss-reactive ketones (excluding diaryl/α,β-unsaturated/α-hetero) is 1. The number of rotatable bonds is 4. The van der Waals surface area contributed by atoms with Gasteiger partial charge in [0.25, 0.3) is 0 Å². The van der Waals surface area contributed by atoms with E-state index in [1.807, 2.05) is 31.1 Å². The molecule has 0 amide bonds. The Morgan fingerprint density at radius 3 is 1.88 bits per heavy atom. The number of hydrogen-bond acceptors (Lipinski definition) is 7. The Labute approximate surface area is 191 Å². The topological polar surface area (TPSA) is 93.1 Å². The number of esters is 2. The summed E-state index contributed by atoms with van der Waals surface area (Å²) >= 11 is 0. The molecule has 7 heteroatoms. The Bertz CT molecular complexity index is 858. The molecular weight excluding hydrogens is 410 g/mol. The van der Waals surface area contributed by atoms with Gasteiger partial charge in [-0.05, 0) is 66.2 Å². The number of anilines is 1. The molecule has 1 aromatic carbocycles. The minimum atomic E-state index is -1.68. The van der Waals surface area contributed by atoms with E-state index in [0.717, 1.165) is 5.69 Å². The molecule has 0 spiro atoms. The molecule has 1 N–H and O–H groups in total. The van der Waals surface area contributed by atoms with Crippen molar-refractivity contribution in [2.75, 3.05) is 19.0 Å². The molecule has 0 radical (unpaired) electrons. The lowest BCUT2D eigenvalue weighted by molar-refractivity contribution is -0.182. The molecule has 178 valence electrons. The highest BCUT2D eigenvalue weighted by Crippen LogP contribution is 2.47. The van der Waals surface area contributed by atoms with Crippen LogP contribution in [0.2, 0.25) is 0 Å². The third kappa shape index (κ3) is 6.09. The molecule has 2 rings (SSSR count). The van der Waals surface area contributed by atoms with Gasteiger partial charge in [0, 0.05) is 32.1 Å². The SMILES string of the molecule is CN(C)c1ccc([C@@H]2[C@H](C(=O)OC(C)(C)C)C(=O)C[C@@](C)(O)[C@H]2C(=O)OC(C)(C)C)cc1. The molecule has 1 saturated carbocycles. The molecule has 1 fully saturated rings. The van der Waals surface area contributed by atoms with Crippen LogP contribution in [0.1, 0.15) is 66.4 Å². The standard InChI is InChI=1S/C25H37NO6/c1-23(2,3)31-21(28)19-17(27)14-25(7,30)20(22(29)32-24(4,5)6)18(19)15-10-12-16(13-11-15)26(8)9/h10-13,18-20,30H,14H2,1-9H3/t18-,19-,20-,25-/m1/s1. The molecule has 4 atom stereocenters. The summed E-state index contributed by atoms with van der Waals surface area (Å²) in [6, 6.07) is 7.26. The van der Waals surface area contributed by atoms with Crippen LogP contribution >= 0.6 is 0 Å². The highest BCUT2D eigenvalue weighted by molar-refractivity contribution is 6.03. The van der Waals surface area contributed by atoms with E-state index < -0.39 is 52.3 Å². The number of nitrogens with zero attached hydrogens (tertiary/aromatic N) is 1. The average Bonchev–Trinajstić information content (AvgIpc) is 2.56. The normalized spacial score (nSPS) is 26.4. The molecule has 0 heterocycles. The Hall–Kier alpha value is -2.41. The van der Waals surface area contributed by atoms with Crippen LogP contribution in [0.3, 0.4) is 0 Å². The fourth-order valence-electron chi connectivity index (χ4n) is 4.14. The van der Waals surface area contributed by atoms with Crippen molar-refractivity contribution >= 4 is 23.4 Å². The molecule has 0 bridgehead atoms. The maximum atomic E-state index is 13.3. The molecule has 7 nitrogen and oxygen atoms in total. The monoisotopic (exact) mass is 447 g/mol. The van der Waals surface area contributed by atoms with Crippen molar-refractivity contribution in [3.05, 3.63) is 29.8 Å². The van der Waals surface area contributed by atoms with Crippen LogP contribution in [0.15, 0.2) is 24.3 Å². The first-order valence-corrected chi connectivity index (χ1v) is 10.9. The highest BCUT2D eigenvalue weighted by atomic mass is 16.6. The number of aliphatic hydroxyl groups is 1. The van der Waals surface area contributed by atoms with Gasteiger partial charge < -0.3 is 19.5 Å². The van der Waals surface area contributed by atoms with E-state index in [2.05, 4.69) is 0 Å². The van der Waals surface area contributed by atoms with E-state index >= 15 is 0 Å². The number of ether oxygens (including phenoxy) is 2. The lowest BCUT2D eigenvalue weighted by Gasteiger charge is -2.44. The predicted octanol–water partition coefficient (Wildman–Crippen LogP) is 3.48. The van der Waals surface area contributed by atoms with Crippen molar-refractivity contribution in [1.29, 1.82) is 0 Å². The zero-order chi connectivity index (χ0) is 24.6. The molecule has 0 unspecified atom stereocenters. The van der Waals surface area contributed by atoms with Crippen LogP contribution in [-0.2, 0) is 23.9 Å². The van der Waals surface area contributed by atoms with Crippen molar-refractivity contribution in [2.24, 2.45) is 11.8 Å². The van der Waals surface area contributed by atoms with Gasteiger partial charge in [-0.25, -0.2) is 0 Å². The highest BCUT2D eigenvalue weighted by Gasteiger charge is 2.57. The van der Waals surface area contributed by atoms with Gasteiger partial charge in [-0.1, -0.05) is 12.1 Å². The second-order valence-corrected chi connectivity index (χ2v) is 11.0. The molecule has 1 aliphatic rings. The fraction of sp³-hybridized carbons (Fsp3) is 0.640. The van der Waals surface area contributed by atoms with Gasteiger partial charge in [0.1, 0.15) is 17.1 Å². The first-order chi connectivity index (χ1) is 14.4. The number of carbonyl (C=O) groups excluding carboxylic acids is 3. The maximum Gasteiger partial charge on any atom is 0.317 e. The first kappa shape index (κ1) is 25.8. The lowest BCUT2D eigenvalue weighted by atomic mass is 9.61. The van der Waals surface area contributed by atoms with Crippen molar-refractivity contribution in [3.8, 4) is 0 Å². The Kier molecular flexibility index (Phi) is 7.15. The quantitative estimate of drug-likeness (QED) is 0.558. The second-order valence-electron chi connectivity index (χ2n) is 11.0. The van der Waals surface area contributed by atoms with Gasteiger partial charge in [-0.15, -0.1) is 0 Å². The molecule has 32 heavy (non-hydrogen) atoms. The van der Waals surface area contributed by atoms with Crippen molar-refractivity contribution in [1.82, 2.24) is 0 Å². The number of carbonyl (C=O) groups is 3. The first-order valence-electron chi connectivity index (χ1n) is 10.9. The number of benzene rings is 1. The molecule has 1 aliphatic carbocycles. The van der Waals surface area contributed by atoms with Gasteiger partial charge in [0.2, 0.25) is 0 Å². The van der Waals surface area contributed by atoms with Crippen LogP contribution in [-0.4, -0.2) is 53.7 Å². The molecule has 1 aromatic rings. The van der Waals surface area contributed by atoms with E-state index in [1.165, 1.54) is 6.92 Å². The fourth-order valence-corrected chi connectivity index (χ4v) is 4.14. The van der Waals surface area contributed by atoms with Crippen LogP contribution < -0.4 is 4.90 Å². The second kappa shape index (κ2) is 8.85. The Morgan fingerprint density at radius 1 is 0.969 bits per heavy atom. The van der Waals surface area contributed by atoms with E-state index in [-0.39, 0.29) is 6.42 Å². The van der Waals surface area contributed by atoms with Crippen LogP contribution in [0, 0.1) is 11.8 Å². The summed E-state index contributed by atoms with van der Waals surface area (Å²) in [5.74, 6) is -5.07. The minimum absolute atomic E-state index is 0.340. The summed E-state index contributed by atoms with van der Waals surface area (Å²) in [4.78, 5) is 41.5. The summed E-state index contributed by atoms with van der Waals surface area (Å²) in [6.45, 7) is 11.8. The summed E-state index contributed by atoms with van der Waals surface area (Å²) in [5.41, 5.74) is -1.77. The number of ketones is 1. The predicted molar refractivity (Wildman–Crippen MR) is 122 cm³/mol. The summed E-state index contributed by atoms with van der Waals surface area (Å²) < 4.78 is 11.2. The van der Waals surface area contributed by atoms with E-state index in [1.54, 1.807) is 53.7 Å². The summed E-state index contributed by atoms with van der Waals surface area (Å²) in [6.07, 6.45) is -0.340. The van der Waals surface area contributed by atoms with Crippen LogP contribution in [0.5, 0.6) is 0 Å². The largest absolute Gasteiger partial charge is 0.460 e. The number of hydrogen-bond donors (Lipinski definition) is 1. The van der Waals surface area contributed by atoms with Gasteiger partial charge in [-0.3, -0.25) is 14.4 Å². The molecular formula is C25H37NO6. The lowest BCUT2D eigenvalue weighted by Crippen LogP contribution is -2.56. The molecule has 0 saturated heterocycles. The maximum absolute atomic E-state index is 13.3.